The monoisotopic (exact) mass is 181 g/mol. The summed E-state index contributed by atoms with van der Waals surface area (Å²) in [5.74, 6) is 0. The lowest BCUT2D eigenvalue weighted by molar-refractivity contribution is 0.634. The van der Waals surface area contributed by atoms with E-state index in [4.69, 9.17) is 0 Å². The second kappa shape index (κ2) is 3.81. The molecule has 3 nitrogen and oxygen atoms in total. The summed E-state index contributed by atoms with van der Waals surface area (Å²) < 4.78 is 2.03. The average Bonchev–Trinajstić information content (AvgIpc) is 2.31. The van der Waals surface area contributed by atoms with Crippen molar-refractivity contribution in [2.24, 2.45) is 0 Å². The van der Waals surface area contributed by atoms with E-state index >= 15 is 0 Å². The maximum Gasteiger partial charge on any atom is 0.0828 e. The van der Waals surface area contributed by atoms with Crippen LogP contribution in [0.1, 0.15) is 32.2 Å². The standard InChI is InChI=1S/C10H19N3/c1-6-13-9(5)10(8(4)12-13)11-7(2)3/h7,11H,6H2,1-5H3. The van der Waals surface area contributed by atoms with Gasteiger partial charge in [0.15, 0.2) is 0 Å². The van der Waals surface area contributed by atoms with Crippen molar-refractivity contribution in [2.75, 3.05) is 5.32 Å². The molecule has 0 aliphatic rings. The number of rotatable bonds is 3. The summed E-state index contributed by atoms with van der Waals surface area (Å²) in [6.45, 7) is 11.5. The molecule has 0 unspecified atom stereocenters. The van der Waals surface area contributed by atoms with Gasteiger partial charge in [-0.3, -0.25) is 4.68 Å². The van der Waals surface area contributed by atoms with E-state index in [0.717, 1.165) is 12.2 Å². The lowest BCUT2D eigenvalue weighted by atomic mass is 10.3. The fraction of sp³-hybridized carbons (Fsp3) is 0.700. The summed E-state index contributed by atoms with van der Waals surface area (Å²) in [6, 6.07) is 0.465. The largest absolute Gasteiger partial charge is 0.380 e. The second-order valence-electron chi connectivity index (χ2n) is 3.66. The van der Waals surface area contributed by atoms with Crippen LogP contribution >= 0.6 is 0 Å². The molecule has 13 heavy (non-hydrogen) atoms. The van der Waals surface area contributed by atoms with E-state index in [1.165, 1.54) is 11.4 Å². The first-order valence-corrected chi connectivity index (χ1v) is 4.86. The molecule has 0 fully saturated rings. The van der Waals surface area contributed by atoms with Gasteiger partial charge in [0.05, 0.1) is 17.1 Å². The van der Waals surface area contributed by atoms with Crippen LogP contribution in [0.15, 0.2) is 0 Å². The quantitative estimate of drug-likeness (QED) is 0.775. The second-order valence-corrected chi connectivity index (χ2v) is 3.66. The van der Waals surface area contributed by atoms with Crippen LogP contribution in [0.4, 0.5) is 5.69 Å². The lowest BCUT2D eigenvalue weighted by Gasteiger charge is -2.09. The van der Waals surface area contributed by atoms with E-state index in [2.05, 4.69) is 38.1 Å². The Bertz CT molecular complexity index is 287. The van der Waals surface area contributed by atoms with Crippen LogP contribution in [0.2, 0.25) is 0 Å². The van der Waals surface area contributed by atoms with Crippen LogP contribution in [0.25, 0.3) is 0 Å². The van der Waals surface area contributed by atoms with Gasteiger partial charge in [0.1, 0.15) is 0 Å². The molecule has 0 saturated heterocycles. The predicted octanol–water partition coefficient (Wildman–Crippen LogP) is 2.34. The maximum atomic E-state index is 4.44. The number of nitrogens with zero attached hydrogens (tertiary/aromatic N) is 2. The van der Waals surface area contributed by atoms with E-state index < -0.39 is 0 Å². The fourth-order valence-electron chi connectivity index (χ4n) is 1.50. The Labute approximate surface area is 80.1 Å². The van der Waals surface area contributed by atoms with Crippen molar-refractivity contribution in [1.82, 2.24) is 9.78 Å². The van der Waals surface area contributed by atoms with Gasteiger partial charge in [-0.1, -0.05) is 0 Å². The molecular formula is C10H19N3. The van der Waals surface area contributed by atoms with E-state index in [1.807, 2.05) is 11.6 Å². The number of anilines is 1. The zero-order valence-electron chi connectivity index (χ0n) is 9.18. The van der Waals surface area contributed by atoms with E-state index in [-0.39, 0.29) is 0 Å². The fourth-order valence-corrected chi connectivity index (χ4v) is 1.50. The average molecular weight is 181 g/mol. The highest BCUT2D eigenvalue weighted by Crippen LogP contribution is 2.19. The SMILES string of the molecule is CCn1nc(C)c(NC(C)C)c1C. The van der Waals surface area contributed by atoms with Crippen molar-refractivity contribution in [3.63, 3.8) is 0 Å². The molecule has 74 valence electrons. The van der Waals surface area contributed by atoms with E-state index in [9.17, 15) is 0 Å². The summed E-state index contributed by atoms with van der Waals surface area (Å²) in [4.78, 5) is 0. The Balaban J connectivity index is 2.98. The smallest absolute Gasteiger partial charge is 0.0828 e. The summed E-state index contributed by atoms with van der Waals surface area (Å²) in [7, 11) is 0. The molecule has 0 amide bonds. The Morgan fingerprint density at radius 1 is 1.38 bits per heavy atom. The first kappa shape index (κ1) is 10.1. The highest BCUT2D eigenvalue weighted by molar-refractivity contribution is 5.52. The number of hydrogen-bond acceptors (Lipinski definition) is 2. The van der Waals surface area contributed by atoms with Gasteiger partial charge in [-0.25, -0.2) is 0 Å². The number of nitrogens with one attached hydrogen (secondary N) is 1. The molecule has 3 heteroatoms. The number of hydrogen-bond donors (Lipinski definition) is 1. The van der Waals surface area contributed by atoms with Crippen molar-refractivity contribution in [2.45, 2.75) is 47.2 Å². The molecule has 0 bridgehead atoms. The predicted molar refractivity (Wildman–Crippen MR) is 56.1 cm³/mol. The zero-order chi connectivity index (χ0) is 10.0. The first-order chi connectivity index (χ1) is 6.06. The van der Waals surface area contributed by atoms with E-state index in [0.29, 0.717) is 6.04 Å². The van der Waals surface area contributed by atoms with Gasteiger partial charge in [0, 0.05) is 12.6 Å². The molecule has 0 spiro atoms. The number of aryl methyl sites for hydroxylation is 2. The van der Waals surface area contributed by atoms with Crippen LogP contribution in [0, 0.1) is 13.8 Å². The molecule has 0 saturated carbocycles. The topological polar surface area (TPSA) is 29.9 Å². The minimum absolute atomic E-state index is 0.465. The molecule has 1 N–H and O–H groups in total. The summed E-state index contributed by atoms with van der Waals surface area (Å²) >= 11 is 0. The van der Waals surface area contributed by atoms with Crippen LogP contribution in [0.5, 0.6) is 0 Å². The third kappa shape index (κ3) is 2.02. The van der Waals surface area contributed by atoms with Crippen molar-refractivity contribution in [3.05, 3.63) is 11.4 Å². The Morgan fingerprint density at radius 2 is 2.00 bits per heavy atom. The zero-order valence-corrected chi connectivity index (χ0v) is 9.18. The minimum Gasteiger partial charge on any atom is -0.380 e. The van der Waals surface area contributed by atoms with E-state index in [1.54, 1.807) is 0 Å². The molecular weight excluding hydrogens is 162 g/mol. The van der Waals surface area contributed by atoms with Crippen LogP contribution in [0.3, 0.4) is 0 Å². The minimum atomic E-state index is 0.465. The third-order valence-electron chi connectivity index (χ3n) is 2.11. The Morgan fingerprint density at radius 3 is 2.38 bits per heavy atom. The van der Waals surface area contributed by atoms with Gasteiger partial charge in [0.25, 0.3) is 0 Å². The molecule has 0 atom stereocenters. The molecule has 0 aliphatic heterocycles. The van der Waals surface area contributed by atoms with Crippen molar-refractivity contribution < 1.29 is 0 Å². The van der Waals surface area contributed by atoms with Crippen molar-refractivity contribution in [3.8, 4) is 0 Å². The molecule has 1 rings (SSSR count). The molecule has 1 aromatic rings. The highest BCUT2D eigenvalue weighted by atomic mass is 15.3. The normalized spacial score (nSPS) is 10.9. The maximum absolute atomic E-state index is 4.44. The van der Waals surface area contributed by atoms with Crippen molar-refractivity contribution in [1.29, 1.82) is 0 Å². The van der Waals surface area contributed by atoms with Crippen LogP contribution in [-0.4, -0.2) is 15.8 Å². The highest BCUT2D eigenvalue weighted by Gasteiger charge is 2.10. The summed E-state index contributed by atoms with van der Waals surface area (Å²) in [5.41, 5.74) is 3.51. The van der Waals surface area contributed by atoms with Crippen LogP contribution in [-0.2, 0) is 6.54 Å². The van der Waals surface area contributed by atoms with Gasteiger partial charge in [-0.05, 0) is 34.6 Å². The summed E-state index contributed by atoms with van der Waals surface area (Å²) in [5, 5.41) is 7.85. The van der Waals surface area contributed by atoms with Gasteiger partial charge in [0.2, 0.25) is 0 Å². The lowest BCUT2D eigenvalue weighted by Crippen LogP contribution is -2.11. The molecule has 1 heterocycles. The Hall–Kier alpha value is -0.990. The Kier molecular flexibility index (Phi) is 2.96. The van der Waals surface area contributed by atoms with Gasteiger partial charge < -0.3 is 5.32 Å². The first-order valence-electron chi connectivity index (χ1n) is 4.86. The van der Waals surface area contributed by atoms with Crippen LogP contribution < -0.4 is 5.32 Å². The van der Waals surface area contributed by atoms with Gasteiger partial charge in [-0.15, -0.1) is 0 Å². The van der Waals surface area contributed by atoms with Crippen molar-refractivity contribution >= 4 is 5.69 Å². The molecule has 1 aromatic heterocycles. The van der Waals surface area contributed by atoms with Gasteiger partial charge in [-0.2, -0.15) is 5.10 Å². The third-order valence-corrected chi connectivity index (χ3v) is 2.11. The summed E-state index contributed by atoms with van der Waals surface area (Å²) in [6.07, 6.45) is 0. The number of aromatic nitrogens is 2. The van der Waals surface area contributed by atoms with Gasteiger partial charge >= 0.3 is 0 Å². The molecule has 0 aromatic carbocycles. The molecule has 0 radical (unpaired) electrons. The molecule has 0 aliphatic carbocycles.